The molecule has 1 aliphatic rings. The van der Waals surface area contributed by atoms with E-state index in [-0.39, 0.29) is 0 Å². The molecule has 0 bridgehead atoms. The molecule has 0 spiro atoms. The van der Waals surface area contributed by atoms with Crippen molar-refractivity contribution < 1.29 is 0 Å². The van der Waals surface area contributed by atoms with Crippen LogP contribution in [0.1, 0.15) is 51.6 Å². The van der Waals surface area contributed by atoms with Crippen LogP contribution in [0.25, 0.3) is 0 Å². The lowest BCUT2D eigenvalue weighted by Gasteiger charge is -2.37. The molecule has 1 nitrogen and oxygen atoms in total. The van der Waals surface area contributed by atoms with Crippen molar-refractivity contribution in [1.29, 1.82) is 0 Å². The van der Waals surface area contributed by atoms with Crippen LogP contribution in [0.5, 0.6) is 0 Å². The Morgan fingerprint density at radius 1 is 1.25 bits per heavy atom. The van der Waals surface area contributed by atoms with Gasteiger partial charge in [0.15, 0.2) is 0 Å². The molecule has 0 heterocycles. The van der Waals surface area contributed by atoms with Gasteiger partial charge >= 0.3 is 0 Å². The smallest absolute Gasteiger partial charge is 0.0542 e. The van der Waals surface area contributed by atoms with E-state index in [9.17, 15) is 0 Å². The maximum atomic E-state index is 6.32. The Labute approximate surface area is 142 Å². The Bertz CT molecular complexity index is 439. The standard InChI is InChI=1S/C17H25ClIN/c1-4-20-17(13-5-6-16(19)15(18)10-13)14-8-11(2)7-12(3)9-14/h5-6,10-12,14,17,20H,4,7-9H2,1-3H3. The van der Waals surface area contributed by atoms with Gasteiger partial charge in [0, 0.05) is 9.61 Å². The van der Waals surface area contributed by atoms with E-state index >= 15 is 0 Å². The first kappa shape index (κ1) is 16.6. The summed E-state index contributed by atoms with van der Waals surface area (Å²) >= 11 is 8.61. The molecule has 1 N–H and O–H groups in total. The van der Waals surface area contributed by atoms with Gasteiger partial charge in [-0.1, -0.05) is 38.4 Å². The van der Waals surface area contributed by atoms with E-state index in [1.807, 2.05) is 0 Å². The molecule has 0 amide bonds. The van der Waals surface area contributed by atoms with Crippen LogP contribution in [0.2, 0.25) is 5.02 Å². The molecule has 1 aromatic rings. The molecule has 0 saturated heterocycles. The SMILES string of the molecule is CCNC(c1ccc(I)c(Cl)c1)C1CC(C)CC(C)C1. The third-order valence-electron chi connectivity index (χ3n) is 4.41. The topological polar surface area (TPSA) is 12.0 Å². The molecule has 0 aromatic heterocycles. The van der Waals surface area contributed by atoms with Crippen LogP contribution < -0.4 is 5.32 Å². The number of rotatable bonds is 4. The van der Waals surface area contributed by atoms with Crippen LogP contribution in [0.3, 0.4) is 0 Å². The number of hydrogen-bond acceptors (Lipinski definition) is 1. The van der Waals surface area contributed by atoms with Gasteiger partial charge in [-0.25, -0.2) is 0 Å². The van der Waals surface area contributed by atoms with Gasteiger partial charge in [-0.3, -0.25) is 0 Å². The molecule has 2 rings (SSSR count). The molecule has 112 valence electrons. The predicted molar refractivity (Wildman–Crippen MR) is 96.3 cm³/mol. The summed E-state index contributed by atoms with van der Waals surface area (Å²) in [4.78, 5) is 0. The Kier molecular flexibility index (Phi) is 6.18. The molecule has 1 saturated carbocycles. The zero-order valence-electron chi connectivity index (χ0n) is 12.6. The minimum absolute atomic E-state index is 0.444. The highest BCUT2D eigenvalue weighted by Crippen LogP contribution is 2.40. The van der Waals surface area contributed by atoms with Crippen molar-refractivity contribution in [3.8, 4) is 0 Å². The summed E-state index contributed by atoms with van der Waals surface area (Å²) in [7, 11) is 0. The van der Waals surface area contributed by atoms with E-state index in [4.69, 9.17) is 11.6 Å². The van der Waals surface area contributed by atoms with E-state index in [2.05, 4.69) is 66.9 Å². The minimum atomic E-state index is 0.444. The van der Waals surface area contributed by atoms with Crippen molar-refractivity contribution >= 4 is 34.2 Å². The first-order valence-electron chi connectivity index (χ1n) is 7.69. The average molecular weight is 406 g/mol. The van der Waals surface area contributed by atoms with Gasteiger partial charge < -0.3 is 5.32 Å². The van der Waals surface area contributed by atoms with Crippen LogP contribution in [-0.4, -0.2) is 6.54 Å². The number of hydrogen-bond donors (Lipinski definition) is 1. The molecule has 0 aliphatic heterocycles. The normalized spacial score (nSPS) is 28.4. The molecule has 3 heteroatoms. The first-order chi connectivity index (χ1) is 9.51. The summed E-state index contributed by atoms with van der Waals surface area (Å²) in [5.41, 5.74) is 1.35. The third kappa shape index (κ3) is 4.11. The lowest BCUT2D eigenvalue weighted by atomic mass is 9.72. The third-order valence-corrected chi connectivity index (χ3v) is 5.99. The van der Waals surface area contributed by atoms with Crippen molar-refractivity contribution in [3.63, 3.8) is 0 Å². The number of benzene rings is 1. The van der Waals surface area contributed by atoms with E-state index in [1.165, 1.54) is 24.8 Å². The van der Waals surface area contributed by atoms with Crippen LogP contribution in [0, 0.1) is 21.3 Å². The zero-order chi connectivity index (χ0) is 14.7. The van der Waals surface area contributed by atoms with Crippen molar-refractivity contribution in [2.75, 3.05) is 6.54 Å². The first-order valence-corrected chi connectivity index (χ1v) is 9.15. The fraction of sp³-hybridized carbons (Fsp3) is 0.647. The molecule has 1 aromatic carbocycles. The minimum Gasteiger partial charge on any atom is -0.310 e. The highest BCUT2D eigenvalue weighted by atomic mass is 127. The monoisotopic (exact) mass is 405 g/mol. The van der Waals surface area contributed by atoms with Gasteiger partial charge in [-0.05, 0) is 83.8 Å². The van der Waals surface area contributed by atoms with Crippen molar-refractivity contribution in [1.82, 2.24) is 5.32 Å². The summed E-state index contributed by atoms with van der Waals surface area (Å²) in [5.74, 6) is 2.40. The lowest BCUT2D eigenvalue weighted by molar-refractivity contribution is 0.177. The predicted octanol–water partition coefficient (Wildman–Crippen LogP) is 5.67. The highest BCUT2D eigenvalue weighted by Gasteiger charge is 2.30. The average Bonchev–Trinajstić information content (AvgIpc) is 2.38. The number of nitrogens with one attached hydrogen (secondary N) is 1. The Morgan fingerprint density at radius 2 is 1.90 bits per heavy atom. The van der Waals surface area contributed by atoms with Gasteiger partial charge in [-0.2, -0.15) is 0 Å². The van der Waals surface area contributed by atoms with E-state index < -0.39 is 0 Å². The Morgan fingerprint density at radius 3 is 2.45 bits per heavy atom. The van der Waals surface area contributed by atoms with Crippen molar-refractivity contribution in [3.05, 3.63) is 32.4 Å². The largest absolute Gasteiger partial charge is 0.310 e. The fourth-order valence-corrected chi connectivity index (χ4v) is 4.29. The number of halogens is 2. The molecule has 0 radical (unpaired) electrons. The van der Waals surface area contributed by atoms with E-state index in [1.54, 1.807) is 0 Å². The summed E-state index contributed by atoms with van der Waals surface area (Å²) in [6.07, 6.45) is 4.03. The highest BCUT2D eigenvalue weighted by molar-refractivity contribution is 14.1. The van der Waals surface area contributed by atoms with Gasteiger partial charge in [-0.15, -0.1) is 0 Å². The van der Waals surface area contributed by atoms with Crippen molar-refractivity contribution in [2.24, 2.45) is 17.8 Å². The maximum Gasteiger partial charge on any atom is 0.0542 e. The second-order valence-corrected chi connectivity index (χ2v) is 7.96. The summed E-state index contributed by atoms with van der Waals surface area (Å²) < 4.78 is 1.13. The zero-order valence-corrected chi connectivity index (χ0v) is 15.5. The van der Waals surface area contributed by atoms with E-state index in [0.29, 0.717) is 6.04 Å². The van der Waals surface area contributed by atoms with Crippen LogP contribution >= 0.6 is 34.2 Å². The van der Waals surface area contributed by atoms with Gasteiger partial charge in [0.2, 0.25) is 0 Å². The van der Waals surface area contributed by atoms with Crippen LogP contribution in [0.15, 0.2) is 18.2 Å². The van der Waals surface area contributed by atoms with Gasteiger partial charge in [0.25, 0.3) is 0 Å². The second-order valence-electron chi connectivity index (χ2n) is 6.39. The van der Waals surface area contributed by atoms with Crippen molar-refractivity contribution in [2.45, 2.75) is 46.1 Å². The Balaban J connectivity index is 2.23. The van der Waals surface area contributed by atoms with Gasteiger partial charge in [0.1, 0.15) is 0 Å². The van der Waals surface area contributed by atoms with Crippen LogP contribution in [0.4, 0.5) is 0 Å². The quantitative estimate of drug-likeness (QED) is 0.637. The summed E-state index contributed by atoms with van der Waals surface area (Å²) in [5, 5.41) is 4.57. The molecular formula is C17H25ClIN. The molecule has 3 unspecified atom stereocenters. The van der Waals surface area contributed by atoms with Gasteiger partial charge in [0.05, 0.1) is 5.02 Å². The van der Waals surface area contributed by atoms with E-state index in [0.717, 1.165) is 32.9 Å². The summed E-state index contributed by atoms with van der Waals surface area (Å²) in [6.45, 7) is 7.99. The molecule has 3 atom stereocenters. The molecular weight excluding hydrogens is 381 g/mol. The second kappa shape index (κ2) is 7.46. The molecule has 1 aliphatic carbocycles. The maximum absolute atomic E-state index is 6.32. The Hall–Kier alpha value is 0.200. The lowest BCUT2D eigenvalue weighted by Crippen LogP contribution is -2.33. The molecule has 20 heavy (non-hydrogen) atoms. The summed E-state index contributed by atoms with van der Waals surface area (Å²) in [6, 6.07) is 6.98. The fourth-order valence-electron chi connectivity index (χ4n) is 3.76. The molecule has 1 fully saturated rings. The van der Waals surface area contributed by atoms with Crippen LogP contribution in [-0.2, 0) is 0 Å².